The molecule has 2 unspecified atom stereocenters. The molecular formula is C16H23FN2O. The van der Waals surface area contributed by atoms with E-state index in [1.54, 1.807) is 12.1 Å². The summed E-state index contributed by atoms with van der Waals surface area (Å²) < 4.78 is 13.9. The van der Waals surface area contributed by atoms with Crippen LogP contribution >= 0.6 is 0 Å². The molecule has 2 atom stereocenters. The van der Waals surface area contributed by atoms with Crippen molar-refractivity contribution in [2.24, 2.45) is 11.8 Å². The Labute approximate surface area is 120 Å². The molecule has 1 aliphatic rings. The van der Waals surface area contributed by atoms with Crippen LogP contribution in [0.3, 0.4) is 0 Å². The summed E-state index contributed by atoms with van der Waals surface area (Å²) in [6, 6.07) is 4.68. The second-order valence-electron chi connectivity index (χ2n) is 5.69. The maximum Gasteiger partial charge on any atom is 0.256 e. The lowest BCUT2D eigenvalue weighted by Crippen LogP contribution is -2.42. The fourth-order valence-corrected chi connectivity index (χ4v) is 2.68. The van der Waals surface area contributed by atoms with Crippen LogP contribution in [0.2, 0.25) is 0 Å². The van der Waals surface area contributed by atoms with Gasteiger partial charge in [0.1, 0.15) is 5.82 Å². The Morgan fingerprint density at radius 3 is 2.80 bits per heavy atom. The van der Waals surface area contributed by atoms with Gasteiger partial charge in [0.15, 0.2) is 0 Å². The highest BCUT2D eigenvalue weighted by atomic mass is 19.1. The van der Waals surface area contributed by atoms with Crippen LogP contribution in [0.4, 0.5) is 10.1 Å². The van der Waals surface area contributed by atoms with Crippen molar-refractivity contribution in [1.29, 1.82) is 0 Å². The lowest BCUT2D eigenvalue weighted by Gasteiger charge is -2.35. The normalized spacial score (nSPS) is 22.7. The van der Waals surface area contributed by atoms with Gasteiger partial charge in [0.05, 0.1) is 11.3 Å². The summed E-state index contributed by atoms with van der Waals surface area (Å²) in [4.78, 5) is 14.5. The van der Waals surface area contributed by atoms with E-state index in [9.17, 15) is 9.18 Å². The summed E-state index contributed by atoms with van der Waals surface area (Å²) in [5, 5.41) is 2.96. The van der Waals surface area contributed by atoms with E-state index in [1.165, 1.54) is 6.07 Å². The lowest BCUT2D eigenvalue weighted by atomic mass is 9.88. The van der Waals surface area contributed by atoms with Crippen LogP contribution in [0.15, 0.2) is 18.2 Å². The maximum atomic E-state index is 13.9. The number of benzene rings is 1. The molecule has 1 N–H and O–H groups in total. The Morgan fingerprint density at radius 1 is 1.40 bits per heavy atom. The van der Waals surface area contributed by atoms with Crippen molar-refractivity contribution in [3.8, 4) is 0 Å². The first-order valence-corrected chi connectivity index (χ1v) is 7.36. The minimum absolute atomic E-state index is 0.0702. The van der Waals surface area contributed by atoms with Crippen LogP contribution in [-0.2, 0) is 0 Å². The highest BCUT2D eigenvalue weighted by molar-refractivity contribution is 5.99. The number of nitrogens with one attached hydrogen (secondary N) is 1. The van der Waals surface area contributed by atoms with Crippen molar-refractivity contribution >= 4 is 11.6 Å². The van der Waals surface area contributed by atoms with Crippen LogP contribution in [0, 0.1) is 17.7 Å². The number of nitrogens with zero attached hydrogens (tertiary/aromatic N) is 1. The Kier molecular flexibility index (Phi) is 4.63. The number of anilines is 1. The van der Waals surface area contributed by atoms with Crippen molar-refractivity contribution in [2.45, 2.75) is 27.2 Å². The SMILES string of the molecule is CCNc1c(F)cccc1C(=O)N1CCC(C)C(C)C1. The van der Waals surface area contributed by atoms with Gasteiger partial charge < -0.3 is 10.2 Å². The van der Waals surface area contributed by atoms with Gasteiger partial charge >= 0.3 is 0 Å². The van der Waals surface area contributed by atoms with Gasteiger partial charge in [-0.3, -0.25) is 4.79 Å². The first-order valence-electron chi connectivity index (χ1n) is 7.36. The van der Waals surface area contributed by atoms with E-state index < -0.39 is 0 Å². The van der Waals surface area contributed by atoms with Crippen LogP contribution < -0.4 is 5.32 Å². The molecule has 0 radical (unpaired) electrons. The monoisotopic (exact) mass is 278 g/mol. The van der Waals surface area contributed by atoms with E-state index in [2.05, 4.69) is 19.2 Å². The zero-order valence-electron chi connectivity index (χ0n) is 12.4. The van der Waals surface area contributed by atoms with Crippen LogP contribution in [0.25, 0.3) is 0 Å². The molecule has 1 heterocycles. The van der Waals surface area contributed by atoms with Crippen molar-refractivity contribution in [3.63, 3.8) is 0 Å². The smallest absolute Gasteiger partial charge is 0.256 e. The maximum absolute atomic E-state index is 13.9. The standard InChI is InChI=1S/C16H23FN2O/c1-4-18-15-13(6-5-7-14(15)17)16(20)19-9-8-11(2)12(3)10-19/h5-7,11-12,18H,4,8-10H2,1-3H3. The van der Waals surface area contributed by atoms with Crippen molar-refractivity contribution in [3.05, 3.63) is 29.6 Å². The average molecular weight is 278 g/mol. The summed E-state index contributed by atoms with van der Waals surface area (Å²) in [5.41, 5.74) is 0.764. The van der Waals surface area contributed by atoms with Crippen molar-refractivity contribution < 1.29 is 9.18 Å². The minimum atomic E-state index is -0.365. The van der Waals surface area contributed by atoms with Gasteiger partial charge in [0.2, 0.25) is 0 Å². The number of carbonyl (C=O) groups excluding carboxylic acids is 1. The summed E-state index contributed by atoms with van der Waals surface area (Å²) in [6.45, 7) is 8.38. The third-order valence-corrected chi connectivity index (χ3v) is 4.22. The number of amides is 1. The Bertz CT molecular complexity index is 489. The van der Waals surface area contributed by atoms with Crippen molar-refractivity contribution in [1.82, 2.24) is 4.90 Å². The Hall–Kier alpha value is -1.58. The third kappa shape index (κ3) is 2.94. The van der Waals surface area contributed by atoms with E-state index in [0.29, 0.717) is 29.6 Å². The fraction of sp³-hybridized carbons (Fsp3) is 0.562. The molecule has 0 saturated carbocycles. The molecule has 20 heavy (non-hydrogen) atoms. The first kappa shape index (κ1) is 14.8. The quantitative estimate of drug-likeness (QED) is 0.919. The Morgan fingerprint density at radius 2 is 2.15 bits per heavy atom. The number of rotatable bonds is 3. The van der Waals surface area contributed by atoms with E-state index in [0.717, 1.165) is 19.5 Å². The van der Waals surface area contributed by atoms with E-state index >= 15 is 0 Å². The molecule has 1 aromatic rings. The molecule has 0 aliphatic carbocycles. The molecular weight excluding hydrogens is 255 g/mol. The summed E-state index contributed by atoms with van der Waals surface area (Å²) in [6.07, 6.45) is 1.01. The number of likely N-dealkylation sites (tertiary alicyclic amines) is 1. The molecule has 1 aromatic carbocycles. The van der Waals surface area contributed by atoms with Crippen molar-refractivity contribution in [2.75, 3.05) is 25.0 Å². The number of para-hydroxylation sites is 1. The summed E-state index contributed by atoms with van der Waals surface area (Å²) >= 11 is 0. The van der Waals surface area contributed by atoms with Gasteiger partial charge in [-0.05, 0) is 37.3 Å². The highest BCUT2D eigenvalue weighted by Crippen LogP contribution is 2.26. The van der Waals surface area contributed by atoms with Crippen LogP contribution in [0.5, 0.6) is 0 Å². The largest absolute Gasteiger partial charge is 0.382 e. The lowest BCUT2D eigenvalue weighted by molar-refractivity contribution is 0.0628. The third-order valence-electron chi connectivity index (χ3n) is 4.22. The molecule has 1 fully saturated rings. The van der Waals surface area contributed by atoms with Gasteiger partial charge in [-0.1, -0.05) is 19.9 Å². The van der Waals surface area contributed by atoms with Crippen LogP contribution in [0.1, 0.15) is 37.6 Å². The zero-order valence-corrected chi connectivity index (χ0v) is 12.4. The number of piperidine rings is 1. The molecule has 2 rings (SSSR count). The van der Waals surface area contributed by atoms with Gasteiger partial charge in [-0.15, -0.1) is 0 Å². The number of carbonyl (C=O) groups is 1. The predicted molar refractivity (Wildman–Crippen MR) is 79.4 cm³/mol. The number of hydrogen-bond donors (Lipinski definition) is 1. The topological polar surface area (TPSA) is 32.3 Å². The molecule has 110 valence electrons. The van der Waals surface area contributed by atoms with Gasteiger partial charge in [0, 0.05) is 19.6 Å². The first-order chi connectivity index (χ1) is 9.54. The van der Waals surface area contributed by atoms with E-state index in [-0.39, 0.29) is 11.7 Å². The summed E-state index contributed by atoms with van der Waals surface area (Å²) in [5.74, 6) is 0.693. The molecule has 0 aromatic heterocycles. The van der Waals surface area contributed by atoms with Gasteiger partial charge in [0.25, 0.3) is 5.91 Å². The molecule has 1 amide bonds. The molecule has 0 bridgehead atoms. The second kappa shape index (κ2) is 6.25. The minimum Gasteiger partial charge on any atom is -0.382 e. The molecule has 4 heteroatoms. The van der Waals surface area contributed by atoms with Gasteiger partial charge in [-0.25, -0.2) is 4.39 Å². The average Bonchev–Trinajstić information content (AvgIpc) is 2.43. The molecule has 1 aliphatic heterocycles. The molecule has 3 nitrogen and oxygen atoms in total. The predicted octanol–water partition coefficient (Wildman–Crippen LogP) is 3.38. The summed E-state index contributed by atoms with van der Waals surface area (Å²) in [7, 11) is 0. The molecule has 1 saturated heterocycles. The van der Waals surface area contributed by atoms with E-state index in [4.69, 9.17) is 0 Å². The zero-order chi connectivity index (χ0) is 14.7. The van der Waals surface area contributed by atoms with Crippen LogP contribution in [-0.4, -0.2) is 30.4 Å². The highest BCUT2D eigenvalue weighted by Gasteiger charge is 2.28. The number of hydrogen-bond acceptors (Lipinski definition) is 2. The van der Waals surface area contributed by atoms with Gasteiger partial charge in [-0.2, -0.15) is 0 Å². The second-order valence-corrected chi connectivity index (χ2v) is 5.69. The Balaban J connectivity index is 2.23. The number of halogens is 1. The van der Waals surface area contributed by atoms with E-state index in [1.807, 2.05) is 11.8 Å². The fourth-order valence-electron chi connectivity index (χ4n) is 2.68. The molecule has 0 spiro atoms.